The van der Waals surface area contributed by atoms with Crippen LogP contribution in [-0.2, 0) is 14.9 Å². The largest absolute Gasteiger partial charge is 0.497 e. The highest BCUT2D eigenvalue weighted by molar-refractivity contribution is 5.84. The fourth-order valence-corrected chi connectivity index (χ4v) is 3.96. The van der Waals surface area contributed by atoms with E-state index in [0.717, 1.165) is 22.6 Å². The Morgan fingerprint density at radius 3 is 1.97 bits per heavy atom. The van der Waals surface area contributed by atoms with Crippen LogP contribution in [0.1, 0.15) is 18.7 Å². The molecule has 1 aromatic heterocycles. The van der Waals surface area contributed by atoms with Crippen molar-refractivity contribution < 1.29 is 23.4 Å². The lowest BCUT2D eigenvalue weighted by atomic mass is 9.78. The van der Waals surface area contributed by atoms with Crippen molar-refractivity contribution in [3.05, 3.63) is 54.4 Å². The zero-order chi connectivity index (χ0) is 21.8. The van der Waals surface area contributed by atoms with Gasteiger partial charge in [-0.25, -0.2) is 4.98 Å². The second-order valence-electron chi connectivity index (χ2n) is 7.48. The fraction of sp³-hybridized carbons (Fsp3) is 0.333. The van der Waals surface area contributed by atoms with Crippen molar-refractivity contribution in [2.45, 2.75) is 18.3 Å². The minimum atomic E-state index is -0.911. The van der Waals surface area contributed by atoms with Gasteiger partial charge in [0.15, 0.2) is 5.76 Å². The van der Waals surface area contributed by atoms with Gasteiger partial charge in [-0.1, -0.05) is 0 Å². The van der Waals surface area contributed by atoms with Crippen LogP contribution in [0.4, 0.5) is 0 Å². The maximum atomic E-state index is 12.9. The number of methoxy groups -OCH3 is 3. The van der Waals surface area contributed by atoms with Gasteiger partial charge in [-0.2, -0.15) is 0 Å². The molecule has 0 amide bonds. The zero-order valence-electron chi connectivity index (χ0n) is 17.9. The summed E-state index contributed by atoms with van der Waals surface area (Å²) < 4.78 is 22.1. The number of aromatic nitrogens is 1. The summed E-state index contributed by atoms with van der Waals surface area (Å²) in [6, 6.07) is 15.2. The number of nitrogens with zero attached hydrogens (tertiary/aromatic N) is 1. The van der Waals surface area contributed by atoms with Crippen molar-refractivity contribution >= 4 is 5.97 Å². The fourth-order valence-electron chi connectivity index (χ4n) is 3.96. The van der Waals surface area contributed by atoms with Gasteiger partial charge >= 0.3 is 5.97 Å². The predicted molar refractivity (Wildman–Crippen MR) is 116 cm³/mol. The predicted octanol–water partition coefficient (Wildman–Crippen LogP) is 3.82. The second-order valence-corrected chi connectivity index (χ2v) is 7.48. The van der Waals surface area contributed by atoms with Crippen LogP contribution in [0.5, 0.6) is 11.5 Å². The Hall–Kier alpha value is -3.32. The summed E-state index contributed by atoms with van der Waals surface area (Å²) >= 11 is 0. The van der Waals surface area contributed by atoms with Crippen molar-refractivity contribution in [2.75, 3.05) is 34.4 Å². The molecule has 0 aliphatic carbocycles. The van der Waals surface area contributed by atoms with E-state index in [0.29, 0.717) is 43.3 Å². The molecule has 7 heteroatoms. The summed E-state index contributed by atoms with van der Waals surface area (Å²) in [5.74, 6) is 2.17. The van der Waals surface area contributed by atoms with Crippen molar-refractivity contribution in [3.8, 4) is 34.1 Å². The summed E-state index contributed by atoms with van der Waals surface area (Å²) in [4.78, 5) is 17.7. The van der Waals surface area contributed by atoms with E-state index in [-0.39, 0.29) is 5.97 Å². The van der Waals surface area contributed by atoms with E-state index in [4.69, 9.17) is 23.6 Å². The van der Waals surface area contributed by atoms with Crippen molar-refractivity contribution in [3.63, 3.8) is 0 Å². The molecule has 1 N–H and O–H groups in total. The van der Waals surface area contributed by atoms with Gasteiger partial charge in [0.1, 0.15) is 22.6 Å². The average molecular weight is 422 g/mol. The molecule has 0 spiro atoms. The van der Waals surface area contributed by atoms with E-state index in [1.54, 1.807) is 14.2 Å². The van der Waals surface area contributed by atoms with Crippen LogP contribution >= 0.6 is 0 Å². The van der Waals surface area contributed by atoms with Crippen LogP contribution in [0.15, 0.2) is 52.9 Å². The lowest BCUT2D eigenvalue weighted by Gasteiger charge is -2.31. The molecule has 0 atom stereocenters. The standard InChI is InChI=1S/C24H26N2O5/c1-28-18-8-4-16(5-9-18)20-21(17-6-10-19(29-2)11-7-17)31-22(26-20)24(23(27)30-3)12-14-25-15-13-24/h4-11,25H,12-15H2,1-3H3. The minimum absolute atomic E-state index is 0.321. The molecule has 162 valence electrons. The van der Waals surface area contributed by atoms with Gasteiger partial charge in [0.2, 0.25) is 5.89 Å². The summed E-state index contributed by atoms with van der Waals surface area (Å²) in [7, 11) is 4.66. The van der Waals surface area contributed by atoms with E-state index in [2.05, 4.69) is 5.32 Å². The monoisotopic (exact) mass is 422 g/mol. The summed E-state index contributed by atoms with van der Waals surface area (Å²) in [6.07, 6.45) is 1.12. The third-order valence-electron chi connectivity index (χ3n) is 5.79. The summed E-state index contributed by atoms with van der Waals surface area (Å²) in [5.41, 5.74) is 1.48. The Morgan fingerprint density at radius 2 is 1.45 bits per heavy atom. The first-order valence-corrected chi connectivity index (χ1v) is 10.2. The first-order chi connectivity index (χ1) is 15.1. The minimum Gasteiger partial charge on any atom is -0.497 e. The molecule has 1 fully saturated rings. The second kappa shape index (κ2) is 8.81. The molecule has 31 heavy (non-hydrogen) atoms. The number of benzene rings is 2. The number of oxazole rings is 1. The van der Waals surface area contributed by atoms with Crippen molar-refractivity contribution in [1.82, 2.24) is 10.3 Å². The molecule has 1 saturated heterocycles. The first kappa shape index (κ1) is 20.9. The average Bonchev–Trinajstić information content (AvgIpc) is 3.30. The van der Waals surface area contributed by atoms with E-state index < -0.39 is 5.41 Å². The van der Waals surface area contributed by atoms with Crippen LogP contribution in [0.3, 0.4) is 0 Å². The molecule has 0 radical (unpaired) electrons. The topological polar surface area (TPSA) is 82.8 Å². The van der Waals surface area contributed by atoms with Gasteiger partial charge < -0.3 is 23.9 Å². The maximum Gasteiger partial charge on any atom is 0.321 e. The first-order valence-electron chi connectivity index (χ1n) is 10.2. The number of carbonyl (C=O) groups excluding carboxylic acids is 1. The third kappa shape index (κ3) is 3.88. The Labute approximate surface area is 181 Å². The number of piperidine rings is 1. The third-order valence-corrected chi connectivity index (χ3v) is 5.79. The van der Waals surface area contributed by atoms with Crippen LogP contribution in [0, 0.1) is 0 Å². The summed E-state index contributed by atoms with van der Waals surface area (Å²) in [5, 5.41) is 3.29. The van der Waals surface area contributed by atoms with Crippen molar-refractivity contribution in [2.24, 2.45) is 0 Å². The van der Waals surface area contributed by atoms with Crippen molar-refractivity contribution in [1.29, 1.82) is 0 Å². The molecule has 0 saturated carbocycles. The highest BCUT2D eigenvalue weighted by Gasteiger charge is 2.47. The van der Waals surface area contributed by atoms with Gasteiger partial charge in [-0.3, -0.25) is 4.79 Å². The number of nitrogens with one attached hydrogen (secondary N) is 1. The van der Waals surface area contributed by atoms with Gasteiger partial charge in [0.05, 0.1) is 21.3 Å². The maximum absolute atomic E-state index is 12.9. The molecule has 2 aromatic carbocycles. The molecule has 0 bridgehead atoms. The Kier molecular flexibility index (Phi) is 5.95. The molecule has 4 rings (SSSR count). The number of rotatable bonds is 6. The highest BCUT2D eigenvalue weighted by atomic mass is 16.5. The zero-order valence-corrected chi connectivity index (χ0v) is 17.9. The Bertz CT molecular complexity index is 970. The summed E-state index contributed by atoms with van der Waals surface area (Å²) in [6.45, 7) is 1.38. The van der Waals surface area contributed by atoms with E-state index >= 15 is 0 Å². The number of carbonyl (C=O) groups is 1. The molecule has 2 heterocycles. The van der Waals surface area contributed by atoms with Crippen LogP contribution < -0.4 is 14.8 Å². The number of hydrogen-bond donors (Lipinski definition) is 1. The van der Waals surface area contributed by atoms with Gasteiger partial charge in [-0.15, -0.1) is 0 Å². The SMILES string of the molecule is COC(=O)C1(c2nc(-c3ccc(OC)cc3)c(-c3ccc(OC)cc3)o2)CCNCC1. The number of ether oxygens (including phenoxy) is 3. The number of hydrogen-bond acceptors (Lipinski definition) is 7. The van der Waals surface area contributed by atoms with E-state index in [1.165, 1.54) is 7.11 Å². The van der Waals surface area contributed by atoms with Crippen LogP contribution in [0.2, 0.25) is 0 Å². The molecule has 7 nitrogen and oxygen atoms in total. The molecule has 1 aliphatic heterocycles. The van der Waals surface area contributed by atoms with E-state index in [9.17, 15) is 4.79 Å². The van der Waals surface area contributed by atoms with Crippen LogP contribution in [0.25, 0.3) is 22.6 Å². The molecular weight excluding hydrogens is 396 g/mol. The molecule has 1 aliphatic rings. The smallest absolute Gasteiger partial charge is 0.321 e. The Balaban J connectivity index is 1.87. The van der Waals surface area contributed by atoms with Gasteiger partial charge in [0, 0.05) is 11.1 Å². The van der Waals surface area contributed by atoms with Gasteiger partial charge in [0.25, 0.3) is 0 Å². The quantitative estimate of drug-likeness (QED) is 0.605. The lowest BCUT2D eigenvalue weighted by molar-refractivity contribution is -0.149. The molecular formula is C24H26N2O5. The van der Waals surface area contributed by atoms with Crippen LogP contribution in [-0.4, -0.2) is 45.4 Å². The number of esters is 1. The normalized spacial score (nSPS) is 15.3. The van der Waals surface area contributed by atoms with Gasteiger partial charge in [-0.05, 0) is 74.5 Å². The Morgan fingerprint density at radius 1 is 0.903 bits per heavy atom. The molecule has 3 aromatic rings. The highest BCUT2D eigenvalue weighted by Crippen LogP contribution is 2.41. The lowest BCUT2D eigenvalue weighted by Crippen LogP contribution is -2.46. The molecule has 0 unspecified atom stereocenters. The van der Waals surface area contributed by atoms with E-state index in [1.807, 2.05) is 48.5 Å².